The van der Waals surface area contributed by atoms with E-state index in [0.717, 1.165) is 36.8 Å². The summed E-state index contributed by atoms with van der Waals surface area (Å²) in [6.07, 6.45) is 7.76. The van der Waals surface area contributed by atoms with Crippen molar-refractivity contribution in [2.24, 2.45) is 0 Å². The summed E-state index contributed by atoms with van der Waals surface area (Å²) in [7, 11) is 0. The minimum atomic E-state index is 0.0510. The zero-order valence-corrected chi connectivity index (χ0v) is 14.5. The molecule has 2 aromatic rings. The number of phenols is 1. The van der Waals surface area contributed by atoms with Crippen molar-refractivity contribution in [3.63, 3.8) is 0 Å². The van der Waals surface area contributed by atoms with E-state index in [0.29, 0.717) is 11.6 Å². The Morgan fingerprint density at radius 1 is 1.04 bits per heavy atom. The van der Waals surface area contributed by atoms with Gasteiger partial charge in [0.2, 0.25) is 0 Å². The largest absolute Gasteiger partial charge is 0.508 e. The van der Waals surface area contributed by atoms with Gasteiger partial charge in [0, 0.05) is 30.7 Å². The molecule has 1 aromatic carbocycles. The van der Waals surface area contributed by atoms with Crippen LogP contribution in [0.4, 0.5) is 0 Å². The van der Waals surface area contributed by atoms with Crippen molar-refractivity contribution in [1.29, 1.82) is 0 Å². The van der Waals surface area contributed by atoms with E-state index in [1.807, 2.05) is 4.90 Å². The van der Waals surface area contributed by atoms with Gasteiger partial charge in [-0.3, -0.25) is 9.78 Å². The molecule has 0 bridgehead atoms. The van der Waals surface area contributed by atoms with Crippen LogP contribution in [0.15, 0.2) is 30.5 Å². The second-order valence-electron chi connectivity index (χ2n) is 7.18. The van der Waals surface area contributed by atoms with Crippen LogP contribution in [-0.4, -0.2) is 58.0 Å². The first-order chi connectivity index (χ1) is 12.2. The number of benzene rings is 1. The number of carbonyl (C=O) groups is 1. The van der Waals surface area contributed by atoms with E-state index in [4.69, 9.17) is 0 Å². The van der Waals surface area contributed by atoms with Crippen molar-refractivity contribution in [2.75, 3.05) is 26.2 Å². The fourth-order valence-electron chi connectivity index (χ4n) is 4.21. The Kier molecular flexibility index (Phi) is 4.57. The number of carbonyl (C=O) groups excluding carboxylic acids is 1. The van der Waals surface area contributed by atoms with Gasteiger partial charge in [-0.2, -0.15) is 0 Å². The van der Waals surface area contributed by atoms with E-state index in [1.54, 1.807) is 30.5 Å². The molecule has 3 heterocycles. The number of hydrogen-bond acceptors (Lipinski definition) is 4. The normalized spacial score (nSPS) is 20.1. The maximum absolute atomic E-state index is 13.0. The summed E-state index contributed by atoms with van der Waals surface area (Å²) in [6.45, 7) is 4.05. The summed E-state index contributed by atoms with van der Waals surface area (Å²) >= 11 is 0. The van der Waals surface area contributed by atoms with Gasteiger partial charge >= 0.3 is 0 Å². The molecule has 1 N–H and O–H groups in total. The number of rotatable bonds is 2. The molecular weight excluding hydrogens is 314 g/mol. The zero-order chi connectivity index (χ0) is 17.2. The lowest BCUT2D eigenvalue weighted by molar-refractivity contribution is 0.0591. The monoisotopic (exact) mass is 339 g/mol. The van der Waals surface area contributed by atoms with Crippen LogP contribution in [0, 0.1) is 0 Å². The third-order valence-corrected chi connectivity index (χ3v) is 5.61. The van der Waals surface area contributed by atoms with Crippen LogP contribution >= 0.6 is 0 Å². The highest BCUT2D eigenvalue weighted by atomic mass is 16.3. The predicted molar refractivity (Wildman–Crippen MR) is 97.8 cm³/mol. The fraction of sp³-hybridized carbons (Fsp3) is 0.500. The Hall–Kier alpha value is -2.14. The second-order valence-corrected chi connectivity index (χ2v) is 7.18. The molecule has 25 heavy (non-hydrogen) atoms. The van der Waals surface area contributed by atoms with Gasteiger partial charge in [0.05, 0.1) is 11.1 Å². The van der Waals surface area contributed by atoms with Crippen molar-refractivity contribution >= 4 is 16.8 Å². The van der Waals surface area contributed by atoms with E-state index in [9.17, 15) is 9.90 Å². The van der Waals surface area contributed by atoms with Crippen molar-refractivity contribution in [3.8, 4) is 5.75 Å². The second kappa shape index (κ2) is 7.00. The van der Waals surface area contributed by atoms with Crippen molar-refractivity contribution < 1.29 is 9.90 Å². The number of pyridine rings is 1. The number of hydrogen-bond donors (Lipinski definition) is 1. The number of fused-ring (bicyclic) bond motifs is 1. The molecule has 2 aliphatic rings. The molecule has 0 radical (unpaired) electrons. The number of likely N-dealkylation sites (tertiary alicyclic amines) is 2. The Morgan fingerprint density at radius 3 is 2.56 bits per heavy atom. The van der Waals surface area contributed by atoms with Gasteiger partial charge in [-0.15, -0.1) is 0 Å². The molecule has 1 aromatic heterocycles. The fourth-order valence-corrected chi connectivity index (χ4v) is 4.21. The molecule has 2 saturated heterocycles. The van der Waals surface area contributed by atoms with Crippen LogP contribution < -0.4 is 0 Å². The van der Waals surface area contributed by atoms with Crippen molar-refractivity contribution in [1.82, 2.24) is 14.8 Å². The molecule has 0 spiro atoms. The minimum absolute atomic E-state index is 0.0510. The van der Waals surface area contributed by atoms with E-state index in [2.05, 4.69) is 9.88 Å². The SMILES string of the molecule is O=C(c1ccnc2ccc(O)cc12)N1CCC(N2CCCCC2)CC1. The van der Waals surface area contributed by atoms with Gasteiger partial charge in [-0.05, 0) is 63.0 Å². The van der Waals surface area contributed by atoms with Crippen molar-refractivity contribution in [2.45, 2.75) is 38.1 Å². The highest BCUT2D eigenvalue weighted by Gasteiger charge is 2.28. The molecule has 2 fully saturated rings. The lowest BCUT2D eigenvalue weighted by atomic mass is 9.99. The molecule has 132 valence electrons. The molecule has 4 rings (SSSR count). The zero-order valence-electron chi connectivity index (χ0n) is 14.5. The average molecular weight is 339 g/mol. The summed E-state index contributed by atoms with van der Waals surface area (Å²) in [5.74, 6) is 0.216. The Balaban J connectivity index is 1.48. The molecule has 0 aliphatic carbocycles. The van der Waals surface area contributed by atoms with E-state index >= 15 is 0 Å². The maximum atomic E-state index is 13.0. The highest BCUT2D eigenvalue weighted by molar-refractivity contribution is 6.06. The number of nitrogens with zero attached hydrogens (tertiary/aromatic N) is 3. The lowest BCUT2D eigenvalue weighted by Crippen LogP contribution is -2.48. The summed E-state index contributed by atoms with van der Waals surface area (Å²) in [4.78, 5) is 21.9. The van der Waals surface area contributed by atoms with Crippen molar-refractivity contribution in [3.05, 3.63) is 36.0 Å². The van der Waals surface area contributed by atoms with Crippen LogP contribution in [0.2, 0.25) is 0 Å². The molecule has 0 atom stereocenters. The van der Waals surface area contributed by atoms with Crippen LogP contribution in [0.5, 0.6) is 5.75 Å². The average Bonchev–Trinajstić information content (AvgIpc) is 2.68. The van der Waals surface area contributed by atoms with Crippen LogP contribution in [0.1, 0.15) is 42.5 Å². The van der Waals surface area contributed by atoms with E-state index in [-0.39, 0.29) is 11.7 Å². The summed E-state index contributed by atoms with van der Waals surface area (Å²) in [5, 5.41) is 10.5. The van der Waals surface area contributed by atoms with Crippen LogP contribution in [0.25, 0.3) is 10.9 Å². The van der Waals surface area contributed by atoms with Gasteiger partial charge in [0.25, 0.3) is 5.91 Å². The Morgan fingerprint density at radius 2 is 1.80 bits per heavy atom. The quantitative estimate of drug-likeness (QED) is 0.914. The first kappa shape index (κ1) is 16.3. The first-order valence-electron chi connectivity index (χ1n) is 9.33. The first-order valence-corrected chi connectivity index (χ1v) is 9.33. The summed E-state index contributed by atoms with van der Waals surface area (Å²) < 4.78 is 0. The molecule has 1 amide bonds. The number of aromatic hydroxyl groups is 1. The van der Waals surface area contributed by atoms with Crippen LogP contribution in [0.3, 0.4) is 0 Å². The third kappa shape index (κ3) is 3.33. The Bertz CT molecular complexity index is 763. The molecule has 5 nitrogen and oxygen atoms in total. The van der Waals surface area contributed by atoms with E-state index in [1.165, 1.54) is 32.4 Å². The summed E-state index contributed by atoms with van der Waals surface area (Å²) in [5.41, 5.74) is 1.38. The minimum Gasteiger partial charge on any atom is -0.508 e. The maximum Gasteiger partial charge on any atom is 0.254 e. The van der Waals surface area contributed by atoms with Gasteiger partial charge in [0.15, 0.2) is 0 Å². The third-order valence-electron chi connectivity index (χ3n) is 5.61. The molecule has 0 saturated carbocycles. The Labute approximate surface area is 148 Å². The lowest BCUT2D eigenvalue weighted by Gasteiger charge is -2.40. The van der Waals surface area contributed by atoms with Crippen LogP contribution in [-0.2, 0) is 0 Å². The van der Waals surface area contributed by atoms with Gasteiger partial charge in [-0.1, -0.05) is 6.42 Å². The van der Waals surface area contributed by atoms with Gasteiger partial charge in [0.1, 0.15) is 5.75 Å². The molecule has 5 heteroatoms. The molecule has 2 aliphatic heterocycles. The smallest absolute Gasteiger partial charge is 0.254 e. The number of phenolic OH excluding ortho intramolecular Hbond substituents is 1. The standard InChI is InChI=1S/C20H25N3O2/c24-16-4-5-19-18(14-16)17(6-9-21-19)20(25)23-12-7-15(8-13-23)22-10-2-1-3-11-22/h4-6,9,14-15,24H,1-3,7-8,10-13H2. The number of aromatic nitrogens is 1. The number of piperidine rings is 2. The summed E-state index contributed by atoms with van der Waals surface area (Å²) in [6, 6.07) is 7.39. The van der Waals surface area contributed by atoms with E-state index < -0.39 is 0 Å². The predicted octanol–water partition coefficient (Wildman–Crippen LogP) is 3.03. The molecule has 0 unspecified atom stereocenters. The molecular formula is C20H25N3O2. The highest BCUT2D eigenvalue weighted by Crippen LogP contribution is 2.25. The van der Waals surface area contributed by atoms with Gasteiger partial charge < -0.3 is 14.9 Å². The van der Waals surface area contributed by atoms with Gasteiger partial charge in [-0.25, -0.2) is 0 Å². The topological polar surface area (TPSA) is 56.7 Å². The number of amides is 1.